The maximum atomic E-state index is 13.0. The highest BCUT2D eigenvalue weighted by Crippen LogP contribution is 2.35. The minimum Gasteiger partial charge on any atom is -0.469 e. The fraction of sp³-hybridized carbons (Fsp3) is 0.286. The number of ether oxygens (including phenoxy) is 2. The molecule has 2 aromatic carbocycles. The highest BCUT2D eigenvalue weighted by molar-refractivity contribution is 8.00. The van der Waals surface area contributed by atoms with Gasteiger partial charge in [0.1, 0.15) is 11.3 Å². The van der Waals surface area contributed by atoms with Crippen LogP contribution in [0.15, 0.2) is 65.6 Å². The molecule has 0 heterocycles. The van der Waals surface area contributed by atoms with Crippen molar-refractivity contribution >= 4 is 29.6 Å². The third-order valence-corrected chi connectivity index (χ3v) is 5.27. The molecule has 0 spiro atoms. The average Bonchev–Trinajstić information content (AvgIpc) is 2.75. The molecule has 0 radical (unpaired) electrons. The highest BCUT2D eigenvalue weighted by atomic mass is 32.2. The molecule has 2 rings (SSSR count). The molecule has 6 nitrogen and oxygen atoms in total. The van der Waals surface area contributed by atoms with Crippen LogP contribution in [0.3, 0.4) is 0 Å². The normalized spacial score (nSPS) is 12.5. The minimum absolute atomic E-state index is 0.00161. The van der Waals surface area contributed by atoms with Gasteiger partial charge in [-0.3, -0.25) is 9.59 Å². The molecule has 0 saturated carbocycles. The summed E-state index contributed by atoms with van der Waals surface area (Å²) in [6.07, 6.45) is 0.0982. The fourth-order valence-corrected chi connectivity index (χ4v) is 3.59. The van der Waals surface area contributed by atoms with E-state index in [1.807, 2.05) is 60.7 Å². The van der Waals surface area contributed by atoms with Gasteiger partial charge in [0.25, 0.3) is 0 Å². The van der Waals surface area contributed by atoms with Crippen molar-refractivity contribution in [3.8, 4) is 0 Å². The average molecular weight is 401 g/mol. The molecule has 0 aliphatic heterocycles. The lowest BCUT2D eigenvalue weighted by molar-refractivity contribution is -0.146. The molecule has 0 aliphatic rings. The van der Waals surface area contributed by atoms with E-state index in [1.54, 1.807) is 0 Å². The maximum Gasteiger partial charge on any atom is 0.328 e. The van der Waals surface area contributed by atoms with Crippen molar-refractivity contribution in [2.45, 2.75) is 29.0 Å². The molecule has 1 amide bonds. The monoisotopic (exact) mass is 401 g/mol. The van der Waals surface area contributed by atoms with Gasteiger partial charge < -0.3 is 14.8 Å². The topological polar surface area (TPSA) is 81.7 Å². The Morgan fingerprint density at radius 3 is 2.11 bits per heavy atom. The number of carbonyl (C=O) groups excluding carboxylic acids is 3. The first-order valence-electron chi connectivity index (χ1n) is 8.76. The Morgan fingerprint density at radius 2 is 1.54 bits per heavy atom. The van der Waals surface area contributed by atoms with E-state index >= 15 is 0 Å². The van der Waals surface area contributed by atoms with Crippen LogP contribution in [0, 0.1) is 0 Å². The number of nitrogens with one attached hydrogen (secondary N) is 1. The van der Waals surface area contributed by atoms with E-state index in [0.29, 0.717) is 0 Å². The highest BCUT2D eigenvalue weighted by Gasteiger charge is 2.28. The number of rotatable bonds is 9. The lowest BCUT2D eigenvalue weighted by atomic mass is 10.1. The summed E-state index contributed by atoms with van der Waals surface area (Å²) in [6.45, 7) is 0. The van der Waals surface area contributed by atoms with Crippen LogP contribution in [-0.4, -0.2) is 38.1 Å². The molecule has 2 aromatic rings. The van der Waals surface area contributed by atoms with E-state index in [2.05, 4.69) is 10.1 Å². The summed E-state index contributed by atoms with van der Waals surface area (Å²) in [5.74, 6) is -1.39. The van der Waals surface area contributed by atoms with Gasteiger partial charge in [0, 0.05) is 11.3 Å². The van der Waals surface area contributed by atoms with Crippen molar-refractivity contribution in [2.75, 3.05) is 14.2 Å². The molecule has 0 saturated heterocycles. The van der Waals surface area contributed by atoms with Gasteiger partial charge in [-0.25, -0.2) is 4.79 Å². The quantitative estimate of drug-likeness (QED) is 0.514. The minimum atomic E-state index is -0.931. The number of hydrogen-bond acceptors (Lipinski definition) is 6. The lowest BCUT2D eigenvalue weighted by Crippen LogP contribution is -2.43. The molecule has 2 atom stereocenters. The first kappa shape index (κ1) is 21.5. The van der Waals surface area contributed by atoms with Gasteiger partial charge in [0.2, 0.25) is 5.91 Å². The Balaban J connectivity index is 2.19. The zero-order chi connectivity index (χ0) is 20.4. The summed E-state index contributed by atoms with van der Waals surface area (Å²) in [4.78, 5) is 37.5. The number of carbonyl (C=O) groups is 3. The molecule has 0 fully saturated rings. The van der Waals surface area contributed by atoms with E-state index < -0.39 is 23.2 Å². The van der Waals surface area contributed by atoms with Gasteiger partial charge >= 0.3 is 11.9 Å². The van der Waals surface area contributed by atoms with E-state index in [0.717, 1.165) is 10.5 Å². The third kappa shape index (κ3) is 6.42. The van der Waals surface area contributed by atoms with Crippen molar-refractivity contribution in [3.05, 3.63) is 66.2 Å². The number of benzene rings is 2. The second-order valence-corrected chi connectivity index (χ2v) is 7.10. The fourth-order valence-electron chi connectivity index (χ4n) is 2.54. The molecule has 148 valence electrons. The number of methoxy groups -OCH3 is 2. The standard InChI is InChI=1S/C21H23NO5S/c1-26-18(23)14-13-17(21(25)27-2)22-20(24)19(15-9-5-3-6-10-15)28-16-11-7-4-8-12-16/h3-12,17,19H,13-14H2,1-2H3,(H,22,24). The summed E-state index contributed by atoms with van der Waals surface area (Å²) < 4.78 is 9.38. The summed E-state index contributed by atoms with van der Waals surface area (Å²) in [5.41, 5.74) is 0.811. The molecular formula is C21H23NO5S. The zero-order valence-corrected chi connectivity index (χ0v) is 16.6. The van der Waals surface area contributed by atoms with Crippen molar-refractivity contribution in [1.29, 1.82) is 0 Å². The van der Waals surface area contributed by atoms with Gasteiger partial charge in [-0.05, 0) is 24.1 Å². The number of thioether (sulfide) groups is 1. The first-order valence-corrected chi connectivity index (χ1v) is 9.64. The van der Waals surface area contributed by atoms with Gasteiger partial charge in [-0.1, -0.05) is 48.5 Å². The van der Waals surface area contributed by atoms with E-state index in [4.69, 9.17) is 4.74 Å². The van der Waals surface area contributed by atoms with Crippen LogP contribution in [0.5, 0.6) is 0 Å². The van der Waals surface area contributed by atoms with Crippen LogP contribution in [0.1, 0.15) is 23.7 Å². The predicted octanol–water partition coefficient (Wildman–Crippen LogP) is 3.13. The Kier molecular flexibility index (Phi) is 8.55. The summed E-state index contributed by atoms with van der Waals surface area (Å²) in [7, 11) is 2.52. The van der Waals surface area contributed by atoms with Crippen LogP contribution in [0.4, 0.5) is 0 Å². The SMILES string of the molecule is COC(=O)CCC(NC(=O)C(Sc1ccccc1)c1ccccc1)C(=O)OC. The second-order valence-electron chi connectivity index (χ2n) is 5.92. The summed E-state index contributed by atoms with van der Waals surface area (Å²) >= 11 is 1.38. The Morgan fingerprint density at radius 1 is 0.929 bits per heavy atom. The molecule has 0 bridgehead atoms. The largest absolute Gasteiger partial charge is 0.469 e. The summed E-state index contributed by atoms with van der Waals surface area (Å²) in [5, 5.41) is 2.16. The molecule has 1 N–H and O–H groups in total. The summed E-state index contributed by atoms with van der Waals surface area (Å²) in [6, 6.07) is 17.9. The van der Waals surface area contributed by atoms with Crippen LogP contribution in [-0.2, 0) is 23.9 Å². The lowest BCUT2D eigenvalue weighted by Gasteiger charge is -2.21. The molecule has 0 aromatic heterocycles. The Labute approximate surface area is 168 Å². The van der Waals surface area contributed by atoms with Crippen LogP contribution >= 0.6 is 11.8 Å². The number of hydrogen-bond donors (Lipinski definition) is 1. The van der Waals surface area contributed by atoms with Crippen molar-refractivity contribution in [3.63, 3.8) is 0 Å². The van der Waals surface area contributed by atoms with Crippen LogP contribution in [0.25, 0.3) is 0 Å². The van der Waals surface area contributed by atoms with Gasteiger partial charge in [-0.2, -0.15) is 0 Å². The van der Waals surface area contributed by atoms with Crippen molar-refractivity contribution in [2.24, 2.45) is 0 Å². The maximum absolute atomic E-state index is 13.0. The molecule has 2 unspecified atom stereocenters. The number of amides is 1. The van der Waals surface area contributed by atoms with E-state index in [1.165, 1.54) is 26.0 Å². The first-order chi connectivity index (χ1) is 13.5. The number of esters is 2. The smallest absolute Gasteiger partial charge is 0.328 e. The third-order valence-electron chi connectivity index (χ3n) is 4.00. The Hall–Kier alpha value is -2.80. The van der Waals surface area contributed by atoms with Gasteiger partial charge in [-0.15, -0.1) is 11.8 Å². The molecule has 28 heavy (non-hydrogen) atoms. The molecule has 7 heteroatoms. The zero-order valence-electron chi connectivity index (χ0n) is 15.8. The van der Waals surface area contributed by atoms with Crippen LogP contribution in [0.2, 0.25) is 0 Å². The van der Waals surface area contributed by atoms with Gasteiger partial charge in [0.05, 0.1) is 14.2 Å². The van der Waals surface area contributed by atoms with Gasteiger partial charge in [0.15, 0.2) is 0 Å². The van der Waals surface area contributed by atoms with Crippen molar-refractivity contribution in [1.82, 2.24) is 5.32 Å². The van der Waals surface area contributed by atoms with Crippen molar-refractivity contribution < 1.29 is 23.9 Å². The van der Waals surface area contributed by atoms with Crippen LogP contribution < -0.4 is 5.32 Å². The molecular weight excluding hydrogens is 378 g/mol. The Bertz CT molecular complexity index is 782. The second kappa shape index (κ2) is 11.1. The molecule has 0 aliphatic carbocycles. The predicted molar refractivity (Wildman–Crippen MR) is 107 cm³/mol. The van der Waals surface area contributed by atoms with E-state index in [9.17, 15) is 14.4 Å². The van der Waals surface area contributed by atoms with E-state index in [-0.39, 0.29) is 18.7 Å².